The Balaban J connectivity index is 2.08. The number of hydrogen-bond donors (Lipinski definition) is 2. The van der Waals surface area contributed by atoms with E-state index in [9.17, 15) is 9.59 Å². The van der Waals surface area contributed by atoms with Gasteiger partial charge in [0.1, 0.15) is 11.4 Å². The number of fused-ring (bicyclic) bond motifs is 2. The minimum Gasteiger partial charge on any atom is -0.469 e. The Hall–Kier alpha value is -2.32. The van der Waals surface area contributed by atoms with Crippen molar-refractivity contribution in [1.82, 2.24) is 0 Å². The summed E-state index contributed by atoms with van der Waals surface area (Å²) in [6, 6.07) is 4.79. The third kappa shape index (κ3) is 25.4. The molecule has 0 bridgehead atoms. The molecule has 0 aliphatic carbocycles. The maximum atomic E-state index is 13.3. The Morgan fingerprint density at radius 1 is 0.365 bits per heavy atom. The van der Waals surface area contributed by atoms with Gasteiger partial charge in [0.25, 0.3) is 0 Å². The van der Waals surface area contributed by atoms with Gasteiger partial charge in [-0.25, -0.2) is 0 Å². The minimum atomic E-state index is -0.963. The fourth-order valence-corrected chi connectivity index (χ4v) is 12.6. The number of benzene rings is 1. The number of esters is 2. The van der Waals surface area contributed by atoms with E-state index in [0.717, 1.165) is 62.7 Å². The average Bonchev–Trinajstić information content (AvgIpc) is 3.37. The van der Waals surface area contributed by atoms with Crippen LogP contribution >= 0.6 is 0 Å². The Bertz CT molecular complexity index is 1440. The van der Waals surface area contributed by atoms with Crippen molar-refractivity contribution < 1.29 is 28.5 Å². The molecule has 0 spiro atoms. The zero-order chi connectivity index (χ0) is 53.6. The summed E-state index contributed by atoms with van der Waals surface area (Å²) in [4.78, 5) is 26.6. The summed E-state index contributed by atoms with van der Waals surface area (Å²) in [5, 5.41) is 7.62. The normalized spacial score (nSPS) is 18.6. The van der Waals surface area contributed by atoms with Crippen LogP contribution in [0.25, 0.3) is 0 Å². The molecule has 2 aliphatic rings. The highest BCUT2D eigenvalue weighted by Gasteiger charge is 2.51. The van der Waals surface area contributed by atoms with Crippen LogP contribution < -0.4 is 10.6 Å². The highest BCUT2D eigenvalue weighted by molar-refractivity contribution is 5.76. The molecule has 3 rings (SSSR count). The quantitative estimate of drug-likeness (QED) is 0.0492. The SMILES string of the molecule is CCCCCCCCCCCCC1(CCCCCCCCCCCC)OC(C)(CC(=O)OC)Nc2cc3c(cc21)C(CCCCCCCCCCCC)(CCCCCCCCCCCC)OC(C)(CC(=O)OC)N3. The molecule has 2 unspecified atom stereocenters. The summed E-state index contributed by atoms with van der Waals surface area (Å²) in [7, 11) is 2.96. The van der Waals surface area contributed by atoms with Gasteiger partial charge in [0.05, 0.1) is 38.3 Å². The van der Waals surface area contributed by atoms with E-state index in [1.165, 1.54) is 256 Å². The summed E-state index contributed by atoms with van der Waals surface area (Å²) in [6.45, 7) is 13.3. The van der Waals surface area contributed by atoms with Gasteiger partial charge in [-0.1, -0.05) is 285 Å². The second-order valence-electron chi connectivity index (χ2n) is 24.1. The van der Waals surface area contributed by atoms with Gasteiger partial charge in [0.15, 0.2) is 0 Å². The second kappa shape index (κ2) is 39.1. The summed E-state index contributed by atoms with van der Waals surface area (Å²) in [5.41, 5.74) is 1.34. The number of rotatable bonds is 48. The van der Waals surface area contributed by atoms with Crippen molar-refractivity contribution in [2.45, 2.75) is 360 Å². The van der Waals surface area contributed by atoms with Crippen LogP contribution in [0.5, 0.6) is 0 Å². The molecule has 0 aromatic heterocycles. The topological polar surface area (TPSA) is 95.1 Å². The molecule has 2 heterocycles. The number of carbonyl (C=O) groups is 2. The lowest BCUT2D eigenvalue weighted by molar-refractivity contribution is -0.177. The number of ether oxygens (including phenoxy) is 4. The van der Waals surface area contributed by atoms with Crippen molar-refractivity contribution in [2.24, 2.45) is 0 Å². The largest absolute Gasteiger partial charge is 0.469 e. The Kier molecular flexibility index (Phi) is 34.9. The molecule has 2 atom stereocenters. The van der Waals surface area contributed by atoms with E-state index in [-0.39, 0.29) is 24.8 Å². The average molecular weight is 1040 g/mol. The summed E-state index contributed by atoms with van der Waals surface area (Å²) >= 11 is 0. The van der Waals surface area contributed by atoms with E-state index in [1.54, 1.807) is 0 Å². The van der Waals surface area contributed by atoms with Gasteiger partial charge >= 0.3 is 11.9 Å². The van der Waals surface area contributed by atoms with Gasteiger partial charge < -0.3 is 29.6 Å². The monoisotopic (exact) mass is 1040 g/mol. The first-order valence-electron chi connectivity index (χ1n) is 32.3. The second-order valence-corrected chi connectivity index (χ2v) is 24.1. The molecule has 8 nitrogen and oxygen atoms in total. The van der Waals surface area contributed by atoms with Crippen LogP contribution in [0.4, 0.5) is 11.4 Å². The van der Waals surface area contributed by atoms with E-state index >= 15 is 0 Å². The van der Waals surface area contributed by atoms with Gasteiger partial charge in [-0.3, -0.25) is 9.59 Å². The van der Waals surface area contributed by atoms with E-state index < -0.39 is 22.7 Å². The van der Waals surface area contributed by atoms with Crippen molar-refractivity contribution in [2.75, 3.05) is 24.9 Å². The maximum absolute atomic E-state index is 13.3. The standard InChI is InChI=1S/C66H120N2O6/c1-9-13-17-21-25-29-33-37-41-45-49-65(50-46-42-38-34-30-26-22-18-14-10-2)57-53-58-60(54-59(57)67-63(5,73-65)55-61(69)71-7)68-64(6,56-62(70)72-8)74-66(58,51-47-43-39-35-31-27-23-19-15-11-3)52-48-44-40-36-32-28-24-20-16-12-4/h53-54,67-68H,9-52,55-56H2,1-8H3. The molecular weight excluding hydrogens is 917 g/mol. The van der Waals surface area contributed by atoms with Crippen molar-refractivity contribution in [3.05, 3.63) is 23.3 Å². The van der Waals surface area contributed by atoms with Crippen molar-refractivity contribution in [1.29, 1.82) is 0 Å². The summed E-state index contributed by atoms with van der Waals surface area (Å²) < 4.78 is 25.9. The Labute approximate surface area is 457 Å². The van der Waals surface area contributed by atoms with Crippen LogP contribution in [-0.4, -0.2) is 37.6 Å². The van der Waals surface area contributed by atoms with Crippen LogP contribution in [0.1, 0.15) is 348 Å². The molecule has 1 aromatic rings. The van der Waals surface area contributed by atoms with Gasteiger partial charge in [-0.2, -0.15) is 0 Å². The molecule has 0 amide bonds. The molecule has 8 heteroatoms. The van der Waals surface area contributed by atoms with E-state index in [0.29, 0.717) is 0 Å². The van der Waals surface area contributed by atoms with Crippen molar-refractivity contribution in [3.8, 4) is 0 Å². The van der Waals surface area contributed by atoms with Gasteiger partial charge in [0, 0.05) is 22.5 Å². The fourth-order valence-electron chi connectivity index (χ4n) is 12.6. The number of unbranched alkanes of at least 4 members (excludes halogenated alkanes) is 36. The lowest BCUT2D eigenvalue weighted by Crippen LogP contribution is -2.54. The number of nitrogens with one attached hydrogen (secondary N) is 2. The summed E-state index contributed by atoms with van der Waals surface area (Å²) in [6.07, 6.45) is 55.1. The predicted molar refractivity (Wildman–Crippen MR) is 315 cm³/mol. The molecule has 74 heavy (non-hydrogen) atoms. The van der Waals surface area contributed by atoms with Gasteiger partial charge in [-0.15, -0.1) is 0 Å². The first kappa shape index (κ1) is 66.0. The molecule has 2 N–H and O–H groups in total. The molecule has 0 radical (unpaired) electrons. The number of carbonyl (C=O) groups excluding carboxylic acids is 2. The highest BCUT2D eigenvalue weighted by atomic mass is 16.6. The molecule has 0 saturated heterocycles. The fraction of sp³-hybridized carbons (Fsp3) is 0.879. The number of methoxy groups -OCH3 is 2. The number of anilines is 2. The van der Waals surface area contributed by atoms with E-state index in [2.05, 4.69) is 64.3 Å². The Morgan fingerprint density at radius 3 is 0.797 bits per heavy atom. The van der Waals surface area contributed by atoms with Crippen LogP contribution in [0.3, 0.4) is 0 Å². The molecule has 1 aromatic carbocycles. The van der Waals surface area contributed by atoms with Crippen LogP contribution in [0.2, 0.25) is 0 Å². The van der Waals surface area contributed by atoms with Crippen LogP contribution in [0, 0.1) is 0 Å². The minimum absolute atomic E-state index is 0.107. The predicted octanol–water partition coefficient (Wildman–Crippen LogP) is 20.8. The maximum Gasteiger partial charge on any atom is 0.310 e. The van der Waals surface area contributed by atoms with Crippen molar-refractivity contribution >= 4 is 23.3 Å². The molecule has 0 saturated carbocycles. The van der Waals surface area contributed by atoms with Gasteiger partial charge in [0.2, 0.25) is 0 Å². The zero-order valence-corrected chi connectivity index (χ0v) is 50.1. The lowest BCUT2D eigenvalue weighted by atomic mass is 9.74. The zero-order valence-electron chi connectivity index (χ0n) is 50.1. The first-order chi connectivity index (χ1) is 36.0. The third-order valence-corrected chi connectivity index (χ3v) is 16.9. The van der Waals surface area contributed by atoms with Crippen LogP contribution in [0.15, 0.2) is 12.1 Å². The molecule has 430 valence electrons. The number of hydrogen-bond acceptors (Lipinski definition) is 8. The molecular formula is C66H120N2O6. The Morgan fingerprint density at radius 2 is 0.581 bits per heavy atom. The lowest BCUT2D eigenvalue weighted by Gasteiger charge is -2.52. The van der Waals surface area contributed by atoms with Gasteiger partial charge in [-0.05, 0) is 51.7 Å². The third-order valence-electron chi connectivity index (χ3n) is 16.9. The molecule has 0 fully saturated rings. The molecule has 2 aliphatic heterocycles. The smallest absolute Gasteiger partial charge is 0.310 e. The highest BCUT2D eigenvalue weighted by Crippen LogP contribution is 2.55. The van der Waals surface area contributed by atoms with Crippen molar-refractivity contribution in [3.63, 3.8) is 0 Å². The van der Waals surface area contributed by atoms with E-state index in [1.807, 2.05) is 0 Å². The van der Waals surface area contributed by atoms with E-state index in [4.69, 9.17) is 18.9 Å². The van der Waals surface area contributed by atoms with Crippen LogP contribution in [-0.2, 0) is 39.7 Å². The summed E-state index contributed by atoms with van der Waals surface area (Å²) in [5.74, 6) is -0.560. The first-order valence-corrected chi connectivity index (χ1v) is 32.3.